The molecule has 1 saturated heterocycles. The minimum Gasteiger partial charge on any atom is -0.396 e. The van der Waals surface area contributed by atoms with Crippen molar-refractivity contribution in [3.05, 3.63) is 5.82 Å². The number of nitrogens with two attached hydrogens (primary N) is 1. The first-order valence-corrected chi connectivity index (χ1v) is 5.28. The highest BCUT2D eigenvalue weighted by atomic mass is 16.3. The summed E-state index contributed by atoms with van der Waals surface area (Å²) in [7, 11) is 0. The van der Waals surface area contributed by atoms with E-state index in [1.807, 2.05) is 0 Å². The molecule has 0 radical (unpaired) electrons. The maximum Gasteiger partial charge on any atom is 0.291 e. The van der Waals surface area contributed by atoms with E-state index in [1.165, 1.54) is 0 Å². The lowest BCUT2D eigenvalue weighted by Gasteiger charge is -2.30. The summed E-state index contributed by atoms with van der Waals surface area (Å²) in [5, 5.41) is 15.1. The molecule has 0 bridgehead atoms. The molecule has 1 amide bonds. The van der Waals surface area contributed by atoms with Crippen molar-refractivity contribution >= 4 is 11.9 Å². The number of aromatic nitrogens is 3. The van der Waals surface area contributed by atoms with Crippen LogP contribution in [0.3, 0.4) is 0 Å². The molecule has 0 atom stereocenters. The fraction of sp³-hybridized carbons (Fsp3) is 0.667. The average molecular weight is 225 g/mol. The third-order valence-corrected chi connectivity index (χ3v) is 2.87. The van der Waals surface area contributed by atoms with Gasteiger partial charge in [0.1, 0.15) is 0 Å². The van der Waals surface area contributed by atoms with E-state index in [-0.39, 0.29) is 24.3 Å². The van der Waals surface area contributed by atoms with Gasteiger partial charge in [-0.2, -0.15) is 4.98 Å². The zero-order valence-corrected chi connectivity index (χ0v) is 8.89. The number of nitrogen functional groups attached to an aromatic ring is 1. The summed E-state index contributed by atoms with van der Waals surface area (Å²) in [6, 6.07) is 0. The van der Waals surface area contributed by atoms with Crippen molar-refractivity contribution in [3.63, 3.8) is 0 Å². The van der Waals surface area contributed by atoms with Gasteiger partial charge in [-0.3, -0.25) is 9.89 Å². The number of nitrogens with one attached hydrogen (secondary N) is 1. The van der Waals surface area contributed by atoms with E-state index >= 15 is 0 Å². The fourth-order valence-electron chi connectivity index (χ4n) is 1.84. The van der Waals surface area contributed by atoms with Gasteiger partial charge < -0.3 is 15.7 Å². The SMILES string of the molecule is Nc1n[nH]c(C(=O)N2CCC(CO)CC2)n1. The number of likely N-dealkylation sites (tertiary alicyclic amines) is 1. The summed E-state index contributed by atoms with van der Waals surface area (Å²) in [4.78, 5) is 17.4. The van der Waals surface area contributed by atoms with Gasteiger partial charge in [0.2, 0.25) is 11.8 Å². The van der Waals surface area contributed by atoms with Crippen molar-refractivity contribution in [1.29, 1.82) is 0 Å². The molecule has 1 aliphatic heterocycles. The molecule has 0 aromatic carbocycles. The highest BCUT2D eigenvalue weighted by molar-refractivity contribution is 5.90. The number of hydrogen-bond acceptors (Lipinski definition) is 5. The zero-order chi connectivity index (χ0) is 11.5. The van der Waals surface area contributed by atoms with Gasteiger partial charge in [-0.25, -0.2) is 0 Å². The summed E-state index contributed by atoms with van der Waals surface area (Å²) in [5.41, 5.74) is 5.33. The van der Waals surface area contributed by atoms with E-state index in [9.17, 15) is 4.79 Å². The number of carbonyl (C=O) groups is 1. The largest absolute Gasteiger partial charge is 0.396 e. The van der Waals surface area contributed by atoms with Crippen molar-refractivity contribution in [1.82, 2.24) is 20.1 Å². The molecule has 2 heterocycles. The Kier molecular flexibility index (Phi) is 3.04. The molecule has 0 saturated carbocycles. The number of aliphatic hydroxyl groups is 1. The number of aliphatic hydroxyl groups excluding tert-OH is 1. The Morgan fingerprint density at radius 2 is 2.25 bits per heavy atom. The number of carbonyl (C=O) groups excluding carboxylic acids is 1. The van der Waals surface area contributed by atoms with E-state index < -0.39 is 0 Å². The molecular formula is C9H15N5O2. The molecule has 7 nitrogen and oxygen atoms in total. The van der Waals surface area contributed by atoms with Crippen LogP contribution in [0.2, 0.25) is 0 Å². The minimum atomic E-state index is -0.180. The molecular weight excluding hydrogens is 210 g/mol. The smallest absolute Gasteiger partial charge is 0.291 e. The van der Waals surface area contributed by atoms with E-state index in [0.717, 1.165) is 12.8 Å². The fourth-order valence-corrected chi connectivity index (χ4v) is 1.84. The first kappa shape index (κ1) is 10.9. The van der Waals surface area contributed by atoms with Crippen LogP contribution in [0.4, 0.5) is 5.95 Å². The third-order valence-electron chi connectivity index (χ3n) is 2.87. The number of hydrogen-bond donors (Lipinski definition) is 3. The molecule has 4 N–H and O–H groups in total. The van der Waals surface area contributed by atoms with Crippen LogP contribution < -0.4 is 5.73 Å². The highest BCUT2D eigenvalue weighted by Gasteiger charge is 2.24. The Balaban J connectivity index is 1.96. The van der Waals surface area contributed by atoms with E-state index in [0.29, 0.717) is 19.0 Å². The highest BCUT2D eigenvalue weighted by Crippen LogP contribution is 2.17. The molecule has 0 unspecified atom stereocenters. The molecule has 1 aromatic rings. The quantitative estimate of drug-likeness (QED) is 0.612. The molecule has 1 aromatic heterocycles. The van der Waals surface area contributed by atoms with Crippen LogP contribution in [0, 0.1) is 5.92 Å². The van der Waals surface area contributed by atoms with Crippen LogP contribution >= 0.6 is 0 Å². The summed E-state index contributed by atoms with van der Waals surface area (Å²) in [6.45, 7) is 1.48. The summed E-state index contributed by atoms with van der Waals surface area (Å²) >= 11 is 0. The Bertz CT molecular complexity index is 370. The monoisotopic (exact) mass is 225 g/mol. The van der Waals surface area contributed by atoms with E-state index in [1.54, 1.807) is 4.90 Å². The van der Waals surface area contributed by atoms with Crippen molar-refractivity contribution in [3.8, 4) is 0 Å². The number of H-pyrrole nitrogens is 1. The van der Waals surface area contributed by atoms with Crippen LogP contribution in [0.25, 0.3) is 0 Å². The Hall–Kier alpha value is -1.63. The van der Waals surface area contributed by atoms with Crippen LogP contribution in [-0.4, -0.2) is 50.8 Å². The van der Waals surface area contributed by atoms with E-state index in [2.05, 4.69) is 15.2 Å². The molecule has 0 aliphatic carbocycles. The second-order valence-corrected chi connectivity index (χ2v) is 3.96. The normalized spacial score (nSPS) is 17.7. The lowest BCUT2D eigenvalue weighted by Crippen LogP contribution is -2.39. The number of amides is 1. The summed E-state index contributed by atoms with van der Waals surface area (Å²) in [5.74, 6) is 0.387. The van der Waals surface area contributed by atoms with Gasteiger partial charge in [0.15, 0.2) is 0 Å². The number of rotatable bonds is 2. The van der Waals surface area contributed by atoms with Crippen LogP contribution in [0.1, 0.15) is 23.5 Å². The molecule has 0 spiro atoms. The van der Waals surface area contributed by atoms with Gasteiger partial charge in [0.05, 0.1) is 0 Å². The minimum absolute atomic E-state index is 0.0774. The van der Waals surface area contributed by atoms with Crippen LogP contribution in [0.15, 0.2) is 0 Å². The lowest BCUT2D eigenvalue weighted by molar-refractivity contribution is 0.0639. The summed E-state index contributed by atoms with van der Waals surface area (Å²) < 4.78 is 0. The van der Waals surface area contributed by atoms with E-state index in [4.69, 9.17) is 10.8 Å². The number of aromatic amines is 1. The van der Waals surface area contributed by atoms with Crippen LogP contribution in [-0.2, 0) is 0 Å². The number of anilines is 1. The standard InChI is InChI=1S/C9H15N5O2/c10-9-11-7(12-13-9)8(16)14-3-1-6(5-15)2-4-14/h6,15H,1-5H2,(H3,10,11,12,13). The Morgan fingerprint density at radius 1 is 1.56 bits per heavy atom. The van der Waals surface area contributed by atoms with Gasteiger partial charge in [-0.05, 0) is 18.8 Å². The maximum absolute atomic E-state index is 11.9. The maximum atomic E-state index is 11.9. The molecule has 16 heavy (non-hydrogen) atoms. The molecule has 7 heteroatoms. The lowest BCUT2D eigenvalue weighted by atomic mass is 9.98. The number of nitrogens with zero attached hydrogens (tertiary/aromatic N) is 3. The van der Waals surface area contributed by atoms with Crippen molar-refractivity contribution in [2.75, 3.05) is 25.4 Å². The molecule has 1 fully saturated rings. The molecule has 88 valence electrons. The Labute approximate surface area is 92.7 Å². The van der Waals surface area contributed by atoms with Gasteiger partial charge >= 0.3 is 0 Å². The average Bonchev–Trinajstić information content (AvgIpc) is 2.75. The number of piperidine rings is 1. The second-order valence-electron chi connectivity index (χ2n) is 3.96. The van der Waals surface area contributed by atoms with Crippen molar-refractivity contribution in [2.24, 2.45) is 5.92 Å². The van der Waals surface area contributed by atoms with Gasteiger partial charge in [-0.15, -0.1) is 5.10 Å². The topological polar surface area (TPSA) is 108 Å². The van der Waals surface area contributed by atoms with Crippen LogP contribution in [0.5, 0.6) is 0 Å². The van der Waals surface area contributed by atoms with Crippen molar-refractivity contribution < 1.29 is 9.90 Å². The van der Waals surface area contributed by atoms with Gasteiger partial charge in [-0.1, -0.05) is 0 Å². The van der Waals surface area contributed by atoms with Crippen molar-refractivity contribution in [2.45, 2.75) is 12.8 Å². The molecule has 2 rings (SSSR count). The second kappa shape index (κ2) is 4.48. The first-order chi connectivity index (χ1) is 7.70. The first-order valence-electron chi connectivity index (χ1n) is 5.28. The Morgan fingerprint density at radius 3 is 2.75 bits per heavy atom. The zero-order valence-electron chi connectivity index (χ0n) is 8.89. The predicted molar refractivity (Wildman–Crippen MR) is 56.5 cm³/mol. The summed E-state index contributed by atoms with van der Waals surface area (Å²) in [6.07, 6.45) is 1.65. The third kappa shape index (κ3) is 2.13. The predicted octanol–water partition coefficient (Wildman–Crippen LogP) is -0.769. The van der Waals surface area contributed by atoms with Gasteiger partial charge in [0, 0.05) is 19.7 Å². The molecule has 1 aliphatic rings. The van der Waals surface area contributed by atoms with Gasteiger partial charge in [0.25, 0.3) is 5.91 Å².